The molecule has 2 unspecified atom stereocenters. The third kappa shape index (κ3) is 2.55. The molecule has 2 atom stereocenters. The number of ether oxygens (including phenoxy) is 2. The fourth-order valence-corrected chi connectivity index (χ4v) is 2.54. The molecule has 2 fully saturated rings. The first-order valence-corrected chi connectivity index (χ1v) is 5.99. The Bertz CT molecular complexity index is 250. The van der Waals surface area contributed by atoms with Gasteiger partial charge in [0.2, 0.25) is 0 Å². The summed E-state index contributed by atoms with van der Waals surface area (Å²) in [6.45, 7) is 8.82. The molecule has 0 aromatic rings. The van der Waals surface area contributed by atoms with Crippen LogP contribution >= 0.6 is 0 Å². The van der Waals surface area contributed by atoms with Gasteiger partial charge in [0.25, 0.3) is 0 Å². The van der Waals surface area contributed by atoms with Crippen LogP contribution in [0.3, 0.4) is 0 Å². The maximum atomic E-state index is 12.1. The molecular formula is C12H21NO3. The average Bonchev–Trinajstić information content (AvgIpc) is 2.13. The summed E-state index contributed by atoms with van der Waals surface area (Å²) in [5, 5.41) is 3.35. The number of piperidine rings is 1. The van der Waals surface area contributed by atoms with E-state index in [0.717, 1.165) is 13.1 Å². The highest BCUT2D eigenvalue weighted by Gasteiger charge is 2.43. The summed E-state index contributed by atoms with van der Waals surface area (Å²) in [5.41, 5.74) is -0.392. The zero-order valence-corrected chi connectivity index (χ0v) is 10.3. The minimum absolute atomic E-state index is 0.0224. The molecule has 2 saturated heterocycles. The lowest BCUT2D eigenvalue weighted by molar-refractivity contribution is -0.173. The topological polar surface area (TPSA) is 47.6 Å². The molecule has 4 nitrogen and oxygen atoms in total. The molecule has 0 radical (unpaired) electrons. The van der Waals surface area contributed by atoms with E-state index in [9.17, 15) is 4.79 Å². The Morgan fingerprint density at radius 2 is 1.81 bits per heavy atom. The molecule has 4 heteroatoms. The van der Waals surface area contributed by atoms with Gasteiger partial charge in [0, 0.05) is 24.9 Å². The molecule has 0 aromatic carbocycles. The second kappa shape index (κ2) is 4.34. The van der Waals surface area contributed by atoms with Crippen LogP contribution in [0.5, 0.6) is 0 Å². The zero-order valence-electron chi connectivity index (χ0n) is 10.3. The third-order valence-corrected chi connectivity index (χ3v) is 3.17. The van der Waals surface area contributed by atoms with Crippen molar-refractivity contribution in [2.75, 3.05) is 26.3 Å². The van der Waals surface area contributed by atoms with E-state index in [1.165, 1.54) is 0 Å². The predicted octanol–water partition coefficient (Wildman–Crippen LogP) is 0.810. The van der Waals surface area contributed by atoms with Gasteiger partial charge in [0.15, 0.2) is 0 Å². The molecule has 16 heavy (non-hydrogen) atoms. The van der Waals surface area contributed by atoms with Crippen molar-refractivity contribution in [2.45, 2.75) is 26.4 Å². The maximum absolute atomic E-state index is 12.1. The lowest BCUT2D eigenvalue weighted by Crippen LogP contribution is -2.54. The van der Waals surface area contributed by atoms with E-state index >= 15 is 0 Å². The van der Waals surface area contributed by atoms with E-state index in [1.54, 1.807) is 0 Å². The Balaban J connectivity index is 2.04. The van der Waals surface area contributed by atoms with Gasteiger partial charge in [-0.2, -0.15) is 0 Å². The van der Waals surface area contributed by atoms with Gasteiger partial charge in [-0.1, -0.05) is 0 Å². The monoisotopic (exact) mass is 227 g/mol. The van der Waals surface area contributed by atoms with Gasteiger partial charge < -0.3 is 14.8 Å². The van der Waals surface area contributed by atoms with E-state index in [0.29, 0.717) is 13.2 Å². The van der Waals surface area contributed by atoms with Gasteiger partial charge in [-0.05, 0) is 20.8 Å². The molecule has 2 rings (SSSR count). The van der Waals surface area contributed by atoms with Crippen molar-refractivity contribution >= 4 is 5.97 Å². The minimum atomic E-state index is -0.392. The van der Waals surface area contributed by atoms with Crippen LogP contribution in [0.25, 0.3) is 0 Å². The van der Waals surface area contributed by atoms with Gasteiger partial charge in [-0.25, -0.2) is 0 Å². The molecule has 92 valence electrons. The Kier molecular flexibility index (Phi) is 3.22. The quantitative estimate of drug-likeness (QED) is 0.673. The first-order chi connectivity index (χ1) is 7.47. The molecular weight excluding hydrogens is 206 g/mol. The van der Waals surface area contributed by atoms with Gasteiger partial charge >= 0.3 is 5.97 Å². The van der Waals surface area contributed by atoms with Crippen LogP contribution in [0.2, 0.25) is 0 Å². The Hall–Kier alpha value is -0.610. The molecule has 0 saturated carbocycles. The molecule has 0 aliphatic carbocycles. The molecule has 1 N–H and O–H groups in total. The van der Waals surface area contributed by atoms with Gasteiger partial charge in [-0.3, -0.25) is 4.79 Å². The maximum Gasteiger partial charge on any atom is 0.310 e. The standard InChI is InChI=1S/C12H21NO3/c1-12(2,3)16-11(14)10-8-4-13-5-9(10)7-15-6-8/h8-10,13H,4-7H2,1-3H3. The summed E-state index contributed by atoms with van der Waals surface area (Å²) in [7, 11) is 0. The molecule has 2 bridgehead atoms. The van der Waals surface area contributed by atoms with E-state index in [2.05, 4.69) is 5.32 Å². The number of fused-ring (bicyclic) bond motifs is 2. The van der Waals surface area contributed by atoms with Crippen LogP contribution < -0.4 is 5.32 Å². The van der Waals surface area contributed by atoms with Crippen LogP contribution in [0, 0.1) is 17.8 Å². The van der Waals surface area contributed by atoms with Crippen molar-refractivity contribution in [1.29, 1.82) is 0 Å². The van der Waals surface area contributed by atoms with Crippen LogP contribution in [-0.4, -0.2) is 37.9 Å². The van der Waals surface area contributed by atoms with Crippen molar-refractivity contribution in [1.82, 2.24) is 5.32 Å². The molecule has 0 spiro atoms. The number of carbonyl (C=O) groups is 1. The third-order valence-electron chi connectivity index (χ3n) is 3.17. The van der Waals surface area contributed by atoms with Gasteiger partial charge in [0.1, 0.15) is 5.60 Å². The number of esters is 1. The largest absolute Gasteiger partial charge is 0.460 e. The highest BCUT2D eigenvalue weighted by atomic mass is 16.6. The highest BCUT2D eigenvalue weighted by Crippen LogP contribution is 2.31. The Morgan fingerprint density at radius 3 is 2.31 bits per heavy atom. The van der Waals surface area contributed by atoms with Crippen molar-refractivity contribution in [3.8, 4) is 0 Å². The lowest BCUT2D eigenvalue weighted by Gasteiger charge is -2.41. The number of hydrogen-bond acceptors (Lipinski definition) is 4. The van der Waals surface area contributed by atoms with Crippen LogP contribution in [0.15, 0.2) is 0 Å². The SMILES string of the molecule is CC(C)(C)OC(=O)C1C2CNCC1COC2. The summed E-state index contributed by atoms with van der Waals surface area (Å²) >= 11 is 0. The fraction of sp³-hybridized carbons (Fsp3) is 0.917. The molecule has 2 aliphatic rings. The van der Waals surface area contributed by atoms with Crippen molar-refractivity contribution in [2.24, 2.45) is 17.8 Å². The van der Waals surface area contributed by atoms with Gasteiger partial charge in [0.05, 0.1) is 19.1 Å². The molecule has 2 aliphatic heterocycles. The van der Waals surface area contributed by atoms with E-state index in [-0.39, 0.29) is 23.7 Å². The molecule has 2 heterocycles. The molecule has 0 amide bonds. The van der Waals surface area contributed by atoms with E-state index in [4.69, 9.17) is 9.47 Å². The van der Waals surface area contributed by atoms with Crippen molar-refractivity contribution < 1.29 is 14.3 Å². The molecule has 0 aromatic heterocycles. The number of carbonyl (C=O) groups excluding carboxylic acids is 1. The first kappa shape index (κ1) is 11.9. The fourth-order valence-electron chi connectivity index (χ4n) is 2.54. The average molecular weight is 227 g/mol. The van der Waals surface area contributed by atoms with E-state index in [1.807, 2.05) is 20.8 Å². The summed E-state index contributed by atoms with van der Waals surface area (Å²) < 4.78 is 11.0. The minimum Gasteiger partial charge on any atom is -0.460 e. The zero-order chi connectivity index (χ0) is 11.8. The van der Waals surface area contributed by atoms with Gasteiger partial charge in [-0.15, -0.1) is 0 Å². The summed E-state index contributed by atoms with van der Waals surface area (Å²) in [6, 6.07) is 0. The number of rotatable bonds is 1. The smallest absolute Gasteiger partial charge is 0.310 e. The van der Waals surface area contributed by atoms with Crippen LogP contribution in [0.1, 0.15) is 20.8 Å². The summed E-state index contributed by atoms with van der Waals surface area (Å²) in [6.07, 6.45) is 0. The number of nitrogens with one attached hydrogen (secondary N) is 1. The highest BCUT2D eigenvalue weighted by molar-refractivity contribution is 5.74. The van der Waals surface area contributed by atoms with Crippen molar-refractivity contribution in [3.05, 3.63) is 0 Å². The lowest BCUT2D eigenvalue weighted by atomic mass is 9.77. The number of hydrogen-bond donors (Lipinski definition) is 1. The van der Waals surface area contributed by atoms with Crippen LogP contribution in [0.4, 0.5) is 0 Å². The van der Waals surface area contributed by atoms with E-state index < -0.39 is 5.60 Å². The first-order valence-electron chi connectivity index (χ1n) is 5.99. The summed E-state index contributed by atoms with van der Waals surface area (Å²) in [5.74, 6) is 0.534. The van der Waals surface area contributed by atoms with Crippen molar-refractivity contribution in [3.63, 3.8) is 0 Å². The normalized spacial score (nSPS) is 34.6. The second-order valence-electron chi connectivity index (χ2n) is 5.78. The summed E-state index contributed by atoms with van der Waals surface area (Å²) in [4.78, 5) is 12.1. The predicted molar refractivity (Wildman–Crippen MR) is 60.0 cm³/mol. The second-order valence-corrected chi connectivity index (χ2v) is 5.78. The Morgan fingerprint density at radius 1 is 1.25 bits per heavy atom. The Labute approximate surface area is 96.7 Å². The van der Waals surface area contributed by atoms with Crippen LogP contribution in [-0.2, 0) is 14.3 Å².